The van der Waals surface area contributed by atoms with Gasteiger partial charge in [0, 0.05) is 11.6 Å². The first-order valence-electron chi connectivity index (χ1n) is 9.51. The van der Waals surface area contributed by atoms with Crippen molar-refractivity contribution in [3.8, 4) is 22.7 Å². The van der Waals surface area contributed by atoms with Crippen LogP contribution in [0.2, 0.25) is 0 Å². The Balaban J connectivity index is 2.05. The number of hydrogen-bond donors (Lipinski definition) is 1. The normalized spacial score (nSPS) is 12.1. The molecule has 2 aromatic carbocycles. The molecule has 1 N–H and O–H groups in total. The van der Waals surface area contributed by atoms with E-state index < -0.39 is 0 Å². The Morgan fingerprint density at radius 1 is 1.07 bits per heavy atom. The average Bonchev–Trinajstić information content (AvgIpc) is 3.13. The summed E-state index contributed by atoms with van der Waals surface area (Å²) < 4.78 is 6.95. The molecule has 1 heterocycles. The number of carbonyl (C=O) groups excluding carboxylic acids is 1. The van der Waals surface area contributed by atoms with Crippen LogP contribution in [0.3, 0.4) is 0 Å². The molecule has 146 valence electrons. The number of benzene rings is 2. The Hall–Kier alpha value is -3.08. The van der Waals surface area contributed by atoms with Crippen LogP contribution in [0.1, 0.15) is 36.8 Å². The Bertz CT molecular complexity index is 958. The van der Waals surface area contributed by atoms with Crippen molar-refractivity contribution in [1.29, 1.82) is 0 Å². The molecular formula is C23H27N3O2. The van der Waals surface area contributed by atoms with E-state index in [-0.39, 0.29) is 11.9 Å². The highest BCUT2D eigenvalue weighted by molar-refractivity contribution is 5.94. The van der Waals surface area contributed by atoms with E-state index in [2.05, 4.69) is 19.2 Å². The van der Waals surface area contributed by atoms with Crippen LogP contribution < -0.4 is 10.1 Å². The van der Waals surface area contributed by atoms with Crippen molar-refractivity contribution < 1.29 is 9.53 Å². The molecule has 28 heavy (non-hydrogen) atoms. The number of nitrogens with zero attached hydrogens (tertiary/aromatic N) is 2. The van der Waals surface area contributed by atoms with Gasteiger partial charge in [-0.1, -0.05) is 26.0 Å². The van der Waals surface area contributed by atoms with Gasteiger partial charge in [-0.2, -0.15) is 5.10 Å². The largest absolute Gasteiger partial charge is 0.497 e. The van der Waals surface area contributed by atoms with Crippen LogP contribution in [0.15, 0.2) is 54.6 Å². The number of aryl methyl sites for hydroxylation is 1. The van der Waals surface area contributed by atoms with E-state index in [1.54, 1.807) is 11.8 Å². The number of amides is 1. The first-order valence-corrected chi connectivity index (χ1v) is 9.51. The number of ether oxygens (including phenoxy) is 1. The van der Waals surface area contributed by atoms with E-state index in [0.29, 0.717) is 11.6 Å². The molecule has 0 fully saturated rings. The van der Waals surface area contributed by atoms with Gasteiger partial charge in [0.2, 0.25) is 0 Å². The van der Waals surface area contributed by atoms with Crippen LogP contribution >= 0.6 is 0 Å². The van der Waals surface area contributed by atoms with Crippen LogP contribution in [0.25, 0.3) is 16.9 Å². The zero-order valence-electron chi connectivity index (χ0n) is 17.1. The molecule has 5 heteroatoms. The van der Waals surface area contributed by atoms with Crippen molar-refractivity contribution >= 4 is 5.91 Å². The van der Waals surface area contributed by atoms with Gasteiger partial charge in [-0.15, -0.1) is 0 Å². The quantitative estimate of drug-likeness (QED) is 0.681. The molecule has 1 atom stereocenters. The summed E-state index contributed by atoms with van der Waals surface area (Å²) in [5, 5.41) is 7.82. The summed E-state index contributed by atoms with van der Waals surface area (Å²) in [6.07, 6.45) is 0. The molecule has 3 aromatic rings. The SMILES string of the molecule is COc1ccc(-c2cc(C(=O)NC(C)C(C)C)n(-c3cccc(C)c3)n2)cc1. The molecule has 0 saturated carbocycles. The van der Waals surface area contributed by atoms with Gasteiger partial charge in [-0.05, 0) is 67.8 Å². The Morgan fingerprint density at radius 2 is 1.79 bits per heavy atom. The zero-order chi connectivity index (χ0) is 20.3. The Kier molecular flexibility index (Phi) is 5.83. The number of methoxy groups -OCH3 is 1. The zero-order valence-corrected chi connectivity index (χ0v) is 17.1. The fourth-order valence-electron chi connectivity index (χ4n) is 2.85. The summed E-state index contributed by atoms with van der Waals surface area (Å²) in [5.41, 5.74) is 4.16. The number of hydrogen-bond acceptors (Lipinski definition) is 3. The van der Waals surface area contributed by atoms with Gasteiger partial charge in [0.15, 0.2) is 0 Å². The van der Waals surface area contributed by atoms with Gasteiger partial charge in [-0.3, -0.25) is 4.79 Å². The maximum absolute atomic E-state index is 13.0. The predicted molar refractivity (Wildman–Crippen MR) is 112 cm³/mol. The molecule has 0 aliphatic heterocycles. The lowest BCUT2D eigenvalue weighted by molar-refractivity contribution is 0.0922. The number of nitrogens with one attached hydrogen (secondary N) is 1. The monoisotopic (exact) mass is 377 g/mol. The first kappa shape index (κ1) is 19.7. The lowest BCUT2D eigenvalue weighted by atomic mass is 10.1. The Morgan fingerprint density at radius 3 is 2.39 bits per heavy atom. The highest BCUT2D eigenvalue weighted by atomic mass is 16.5. The van der Waals surface area contributed by atoms with Crippen molar-refractivity contribution in [2.45, 2.75) is 33.7 Å². The van der Waals surface area contributed by atoms with E-state index >= 15 is 0 Å². The molecule has 1 amide bonds. The van der Waals surface area contributed by atoms with E-state index in [0.717, 1.165) is 28.3 Å². The summed E-state index contributed by atoms with van der Waals surface area (Å²) >= 11 is 0. The smallest absolute Gasteiger partial charge is 0.270 e. The molecule has 0 aliphatic carbocycles. The van der Waals surface area contributed by atoms with Crippen LogP contribution in [-0.2, 0) is 0 Å². The van der Waals surface area contributed by atoms with Crippen LogP contribution in [0.5, 0.6) is 5.75 Å². The van der Waals surface area contributed by atoms with Crippen molar-refractivity contribution in [2.75, 3.05) is 7.11 Å². The van der Waals surface area contributed by atoms with Crippen LogP contribution in [-0.4, -0.2) is 28.8 Å². The van der Waals surface area contributed by atoms with E-state index in [4.69, 9.17) is 9.84 Å². The number of carbonyl (C=O) groups is 1. The molecule has 0 spiro atoms. The van der Waals surface area contributed by atoms with Crippen molar-refractivity contribution in [2.24, 2.45) is 5.92 Å². The topological polar surface area (TPSA) is 56.1 Å². The van der Waals surface area contributed by atoms with Crippen molar-refractivity contribution in [1.82, 2.24) is 15.1 Å². The fourth-order valence-corrected chi connectivity index (χ4v) is 2.85. The first-order chi connectivity index (χ1) is 13.4. The van der Waals surface area contributed by atoms with Crippen molar-refractivity contribution in [3.05, 3.63) is 65.9 Å². The minimum atomic E-state index is -0.130. The molecule has 0 saturated heterocycles. The summed E-state index contributed by atoms with van der Waals surface area (Å²) in [6.45, 7) is 8.22. The average molecular weight is 377 g/mol. The number of aromatic nitrogens is 2. The molecule has 0 radical (unpaired) electrons. The van der Waals surface area contributed by atoms with Gasteiger partial charge in [-0.25, -0.2) is 4.68 Å². The second-order valence-electron chi connectivity index (χ2n) is 7.40. The molecule has 1 aromatic heterocycles. The lowest BCUT2D eigenvalue weighted by Gasteiger charge is -2.17. The third kappa shape index (κ3) is 4.25. The van der Waals surface area contributed by atoms with E-state index in [9.17, 15) is 4.79 Å². The maximum Gasteiger partial charge on any atom is 0.270 e. The van der Waals surface area contributed by atoms with E-state index in [1.165, 1.54) is 0 Å². The minimum absolute atomic E-state index is 0.0674. The molecular weight excluding hydrogens is 350 g/mol. The summed E-state index contributed by atoms with van der Waals surface area (Å²) in [5.74, 6) is 1.00. The second kappa shape index (κ2) is 8.30. The molecule has 0 aliphatic rings. The number of rotatable bonds is 6. The second-order valence-corrected chi connectivity index (χ2v) is 7.40. The third-order valence-corrected chi connectivity index (χ3v) is 4.93. The van der Waals surface area contributed by atoms with Crippen LogP contribution in [0, 0.1) is 12.8 Å². The highest BCUT2D eigenvalue weighted by Crippen LogP contribution is 2.24. The molecule has 3 rings (SSSR count). The van der Waals surface area contributed by atoms with Gasteiger partial charge < -0.3 is 10.1 Å². The van der Waals surface area contributed by atoms with Crippen molar-refractivity contribution in [3.63, 3.8) is 0 Å². The third-order valence-electron chi connectivity index (χ3n) is 4.93. The lowest BCUT2D eigenvalue weighted by Crippen LogP contribution is -2.37. The van der Waals surface area contributed by atoms with Gasteiger partial charge in [0.25, 0.3) is 5.91 Å². The van der Waals surface area contributed by atoms with E-state index in [1.807, 2.05) is 68.4 Å². The molecule has 0 bridgehead atoms. The van der Waals surface area contributed by atoms with Gasteiger partial charge >= 0.3 is 0 Å². The highest BCUT2D eigenvalue weighted by Gasteiger charge is 2.20. The fraction of sp³-hybridized carbons (Fsp3) is 0.304. The predicted octanol–water partition coefficient (Wildman–Crippen LogP) is 4.63. The summed E-state index contributed by atoms with van der Waals surface area (Å²) in [6, 6.07) is 17.6. The Labute approximate surface area is 166 Å². The molecule has 1 unspecified atom stereocenters. The maximum atomic E-state index is 13.0. The standard InChI is InChI=1S/C23H27N3O2/c1-15(2)17(4)24-23(27)22-14-21(18-9-11-20(28-5)12-10-18)25-26(22)19-8-6-7-16(3)13-19/h6-15,17H,1-5H3,(H,24,27). The summed E-state index contributed by atoms with van der Waals surface area (Å²) in [4.78, 5) is 13.0. The van der Waals surface area contributed by atoms with Gasteiger partial charge in [0.05, 0.1) is 18.5 Å². The van der Waals surface area contributed by atoms with Gasteiger partial charge in [0.1, 0.15) is 11.4 Å². The van der Waals surface area contributed by atoms with Crippen LogP contribution in [0.4, 0.5) is 0 Å². The summed E-state index contributed by atoms with van der Waals surface area (Å²) in [7, 11) is 1.64. The molecule has 5 nitrogen and oxygen atoms in total. The minimum Gasteiger partial charge on any atom is -0.497 e.